The number of aromatic nitrogens is 1. The number of rotatable bonds is 4. The van der Waals surface area contributed by atoms with Gasteiger partial charge in [0.05, 0.1) is 20.6 Å². The SMILES string of the molecule is COc1ccc(OC)c2c1sc(=NC(=O)Cc1ccc(C)cc1)n2C. The minimum absolute atomic E-state index is 0.177. The number of methoxy groups -OCH3 is 2. The summed E-state index contributed by atoms with van der Waals surface area (Å²) in [5.74, 6) is 1.29. The molecule has 1 aromatic heterocycles. The Hall–Kier alpha value is -2.60. The van der Waals surface area contributed by atoms with Crippen LogP contribution in [0.15, 0.2) is 41.4 Å². The van der Waals surface area contributed by atoms with Crippen LogP contribution in [0.4, 0.5) is 0 Å². The van der Waals surface area contributed by atoms with Crippen LogP contribution in [-0.4, -0.2) is 24.7 Å². The summed E-state index contributed by atoms with van der Waals surface area (Å²) < 4.78 is 13.6. The summed E-state index contributed by atoms with van der Waals surface area (Å²) in [5.41, 5.74) is 3.00. The molecule has 5 nitrogen and oxygen atoms in total. The lowest BCUT2D eigenvalue weighted by molar-refractivity contribution is -0.117. The third-order valence-electron chi connectivity index (χ3n) is 4.01. The van der Waals surface area contributed by atoms with Crippen molar-refractivity contribution in [1.82, 2.24) is 4.57 Å². The van der Waals surface area contributed by atoms with Crippen LogP contribution < -0.4 is 14.3 Å². The van der Waals surface area contributed by atoms with E-state index in [-0.39, 0.29) is 12.3 Å². The van der Waals surface area contributed by atoms with Gasteiger partial charge in [-0.15, -0.1) is 0 Å². The zero-order valence-corrected chi connectivity index (χ0v) is 15.5. The van der Waals surface area contributed by atoms with Gasteiger partial charge in [-0.25, -0.2) is 0 Å². The van der Waals surface area contributed by atoms with Crippen LogP contribution in [0.25, 0.3) is 10.2 Å². The molecule has 0 bridgehead atoms. The standard InChI is InChI=1S/C19H20N2O3S/c1-12-5-7-13(8-6-12)11-16(22)20-19-21(2)17-14(23-3)9-10-15(24-4)18(17)25-19/h5-10H,11H2,1-4H3. The summed E-state index contributed by atoms with van der Waals surface area (Å²) in [5, 5.41) is 0. The molecule has 3 aromatic rings. The first-order valence-corrected chi connectivity index (χ1v) is 8.68. The number of benzene rings is 2. The van der Waals surface area contributed by atoms with E-state index in [2.05, 4.69) is 4.99 Å². The topological polar surface area (TPSA) is 52.8 Å². The van der Waals surface area contributed by atoms with Crippen molar-refractivity contribution >= 4 is 27.5 Å². The molecule has 2 aromatic carbocycles. The summed E-state index contributed by atoms with van der Waals surface area (Å²) >= 11 is 1.42. The molecule has 0 saturated carbocycles. The third-order valence-corrected chi connectivity index (χ3v) is 5.16. The Morgan fingerprint density at radius 2 is 1.72 bits per heavy atom. The first-order chi connectivity index (χ1) is 12.0. The van der Waals surface area contributed by atoms with Crippen molar-refractivity contribution < 1.29 is 14.3 Å². The number of fused-ring (bicyclic) bond motifs is 1. The lowest BCUT2D eigenvalue weighted by Gasteiger charge is -2.06. The molecule has 0 fully saturated rings. The summed E-state index contributed by atoms with van der Waals surface area (Å²) in [6, 6.07) is 11.6. The van der Waals surface area contributed by atoms with Crippen LogP contribution in [0.3, 0.4) is 0 Å². The van der Waals surface area contributed by atoms with Gasteiger partial charge < -0.3 is 14.0 Å². The summed E-state index contributed by atoms with van der Waals surface area (Å²) in [4.78, 5) is 17.3. The molecular weight excluding hydrogens is 336 g/mol. The Morgan fingerprint density at radius 1 is 1.08 bits per heavy atom. The van der Waals surface area contributed by atoms with Crippen LogP contribution in [0, 0.1) is 6.92 Å². The Kier molecular flexibility index (Phi) is 4.90. The predicted molar refractivity (Wildman–Crippen MR) is 99.4 cm³/mol. The van der Waals surface area contributed by atoms with Gasteiger partial charge in [0.25, 0.3) is 5.91 Å². The van der Waals surface area contributed by atoms with Crippen molar-refractivity contribution in [3.05, 3.63) is 52.3 Å². The van der Waals surface area contributed by atoms with Crippen LogP contribution in [0.2, 0.25) is 0 Å². The van der Waals surface area contributed by atoms with Gasteiger partial charge in [-0.05, 0) is 24.6 Å². The maximum absolute atomic E-state index is 12.4. The van der Waals surface area contributed by atoms with Crippen molar-refractivity contribution in [2.24, 2.45) is 12.0 Å². The predicted octanol–water partition coefficient (Wildman–Crippen LogP) is 3.24. The lowest BCUT2D eigenvalue weighted by Crippen LogP contribution is -2.14. The molecule has 3 rings (SSSR count). The fraction of sp³-hybridized carbons (Fsp3) is 0.263. The monoisotopic (exact) mass is 356 g/mol. The fourth-order valence-corrected chi connectivity index (χ4v) is 3.80. The van der Waals surface area contributed by atoms with Crippen molar-refractivity contribution in [2.75, 3.05) is 14.2 Å². The molecule has 130 valence electrons. The van der Waals surface area contributed by atoms with Gasteiger partial charge in [-0.1, -0.05) is 41.2 Å². The molecule has 1 amide bonds. The molecule has 0 N–H and O–H groups in total. The molecule has 0 aliphatic rings. The average molecular weight is 356 g/mol. The van der Waals surface area contributed by atoms with Crippen LogP contribution in [-0.2, 0) is 18.3 Å². The van der Waals surface area contributed by atoms with E-state index < -0.39 is 0 Å². The molecule has 0 spiro atoms. The maximum atomic E-state index is 12.4. The zero-order valence-electron chi connectivity index (χ0n) is 14.7. The number of hydrogen-bond donors (Lipinski definition) is 0. The van der Waals surface area contributed by atoms with E-state index in [1.165, 1.54) is 16.9 Å². The smallest absolute Gasteiger partial charge is 0.252 e. The minimum Gasteiger partial charge on any atom is -0.495 e. The highest BCUT2D eigenvalue weighted by molar-refractivity contribution is 7.16. The Bertz CT molecular complexity index is 984. The number of ether oxygens (including phenoxy) is 2. The molecule has 6 heteroatoms. The molecular formula is C19H20N2O3S. The molecule has 0 radical (unpaired) electrons. The van der Waals surface area contributed by atoms with Crippen LogP contribution >= 0.6 is 11.3 Å². The highest BCUT2D eigenvalue weighted by Gasteiger charge is 2.14. The van der Waals surface area contributed by atoms with E-state index in [1.54, 1.807) is 14.2 Å². The number of hydrogen-bond acceptors (Lipinski definition) is 4. The highest BCUT2D eigenvalue weighted by Crippen LogP contribution is 2.34. The fourth-order valence-electron chi connectivity index (χ4n) is 2.66. The number of amides is 1. The first kappa shape index (κ1) is 17.2. The normalized spacial score (nSPS) is 11.8. The average Bonchev–Trinajstić information content (AvgIpc) is 2.93. The Balaban J connectivity index is 2.02. The zero-order chi connectivity index (χ0) is 18.0. The third kappa shape index (κ3) is 3.44. The van der Waals surface area contributed by atoms with Crippen molar-refractivity contribution in [2.45, 2.75) is 13.3 Å². The van der Waals surface area contributed by atoms with E-state index in [9.17, 15) is 4.79 Å². The van der Waals surface area contributed by atoms with Gasteiger partial charge in [-0.3, -0.25) is 4.79 Å². The van der Waals surface area contributed by atoms with Gasteiger partial charge in [-0.2, -0.15) is 4.99 Å². The van der Waals surface area contributed by atoms with Gasteiger partial charge in [0, 0.05) is 7.05 Å². The van der Waals surface area contributed by atoms with Gasteiger partial charge in [0.15, 0.2) is 4.80 Å². The van der Waals surface area contributed by atoms with Gasteiger partial charge in [0.2, 0.25) is 0 Å². The molecule has 0 aliphatic carbocycles. The lowest BCUT2D eigenvalue weighted by atomic mass is 10.1. The molecule has 0 unspecified atom stereocenters. The summed E-state index contributed by atoms with van der Waals surface area (Å²) in [6.45, 7) is 2.02. The largest absolute Gasteiger partial charge is 0.495 e. The van der Waals surface area contributed by atoms with Crippen LogP contribution in [0.1, 0.15) is 11.1 Å². The van der Waals surface area contributed by atoms with Crippen molar-refractivity contribution in [3.63, 3.8) is 0 Å². The van der Waals surface area contributed by atoms with E-state index in [0.717, 1.165) is 27.3 Å². The second kappa shape index (κ2) is 7.11. The summed E-state index contributed by atoms with van der Waals surface area (Å²) in [6.07, 6.45) is 0.281. The van der Waals surface area contributed by atoms with E-state index in [4.69, 9.17) is 9.47 Å². The van der Waals surface area contributed by atoms with Gasteiger partial charge in [0.1, 0.15) is 21.7 Å². The van der Waals surface area contributed by atoms with E-state index >= 15 is 0 Å². The Labute approximate surface area is 150 Å². The second-order valence-electron chi connectivity index (χ2n) is 5.76. The minimum atomic E-state index is -0.177. The number of nitrogens with zero attached hydrogens (tertiary/aromatic N) is 2. The number of thiazole rings is 1. The van der Waals surface area contributed by atoms with Crippen LogP contribution in [0.5, 0.6) is 11.5 Å². The van der Waals surface area contributed by atoms with E-state index in [0.29, 0.717) is 4.80 Å². The Morgan fingerprint density at radius 3 is 2.36 bits per heavy atom. The first-order valence-electron chi connectivity index (χ1n) is 7.87. The highest BCUT2D eigenvalue weighted by atomic mass is 32.1. The number of carbonyl (C=O) groups is 1. The summed E-state index contributed by atoms with van der Waals surface area (Å²) in [7, 11) is 5.12. The van der Waals surface area contributed by atoms with Crippen molar-refractivity contribution in [3.8, 4) is 11.5 Å². The molecule has 0 saturated heterocycles. The molecule has 25 heavy (non-hydrogen) atoms. The molecule has 0 aliphatic heterocycles. The quantitative estimate of drug-likeness (QED) is 0.721. The molecule has 1 heterocycles. The van der Waals surface area contributed by atoms with E-state index in [1.807, 2.05) is 54.9 Å². The van der Waals surface area contributed by atoms with Gasteiger partial charge >= 0.3 is 0 Å². The maximum Gasteiger partial charge on any atom is 0.252 e. The second-order valence-corrected chi connectivity index (χ2v) is 6.74. The molecule has 0 atom stereocenters. The number of aryl methyl sites for hydroxylation is 2. The van der Waals surface area contributed by atoms with Crippen molar-refractivity contribution in [1.29, 1.82) is 0 Å². The number of carbonyl (C=O) groups excluding carboxylic acids is 1.